The third kappa shape index (κ3) is 1.96. The maximum Gasteiger partial charge on any atom is 0.115 e. The molecule has 2 N–H and O–H groups in total. The van der Waals surface area contributed by atoms with Gasteiger partial charge >= 0.3 is 0 Å². The fourth-order valence-electron chi connectivity index (χ4n) is 2.09. The van der Waals surface area contributed by atoms with Crippen molar-refractivity contribution in [2.24, 2.45) is 5.92 Å². The van der Waals surface area contributed by atoms with Gasteiger partial charge in [-0.1, -0.05) is 25.1 Å². The van der Waals surface area contributed by atoms with Gasteiger partial charge in [0.25, 0.3) is 0 Å². The van der Waals surface area contributed by atoms with Gasteiger partial charge in [0, 0.05) is 5.92 Å². The molecule has 1 unspecified atom stereocenters. The molecular formula is C14H16O2. The average molecular weight is 216 g/mol. The molecule has 1 aliphatic carbocycles. The highest BCUT2D eigenvalue weighted by Gasteiger charge is 2.18. The summed E-state index contributed by atoms with van der Waals surface area (Å²) in [7, 11) is 0. The van der Waals surface area contributed by atoms with Crippen LogP contribution in [-0.2, 0) is 0 Å². The molecule has 16 heavy (non-hydrogen) atoms. The second-order valence-corrected chi connectivity index (χ2v) is 4.39. The normalized spacial score (nSPS) is 20.9. The Balaban J connectivity index is 2.36. The van der Waals surface area contributed by atoms with Crippen LogP contribution < -0.4 is 0 Å². The van der Waals surface area contributed by atoms with Crippen molar-refractivity contribution in [3.05, 3.63) is 47.2 Å². The van der Waals surface area contributed by atoms with Crippen molar-refractivity contribution in [1.29, 1.82) is 0 Å². The van der Waals surface area contributed by atoms with Crippen LogP contribution in [0.25, 0.3) is 5.57 Å². The zero-order valence-electron chi connectivity index (χ0n) is 9.57. The Morgan fingerprint density at radius 2 is 1.75 bits per heavy atom. The smallest absolute Gasteiger partial charge is 0.115 e. The van der Waals surface area contributed by atoms with Crippen LogP contribution in [0.2, 0.25) is 0 Å². The quantitative estimate of drug-likeness (QED) is 0.752. The summed E-state index contributed by atoms with van der Waals surface area (Å²) >= 11 is 0. The van der Waals surface area contributed by atoms with Gasteiger partial charge in [0.1, 0.15) is 5.75 Å². The summed E-state index contributed by atoms with van der Waals surface area (Å²) < 4.78 is 0. The second kappa shape index (κ2) is 4.05. The number of rotatable bonds is 1. The van der Waals surface area contributed by atoms with Gasteiger partial charge in [0.15, 0.2) is 0 Å². The molecule has 0 saturated heterocycles. The van der Waals surface area contributed by atoms with Crippen LogP contribution in [0, 0.1) is 5.92 Å². The number of hydrogen-bond acceptors (Lipinski definition) is 2. The van der Waals surface area contributed by atoms with Gasteiger partial charge < -0.3 is 10.2 Å². The Bertz CT molecular complexity index is 452. The molecule has 0 aliphatic heterocycles. The van der Waals surface area contributed by atoms with Crippen LogP contribution in [0.15, 0.2) is 41.7 Å². The standard InChI is InChI=1S/C14H16O2/c1-9-7-12(8-10(2)14(9)16)11-3-5-13(15)6-4-11/h3-7,10,15-16H,8H2,1-2H3. The maximum atomic E-state index is 9.75. The highest BCUT2D eigenvalue weighted by atomic mass is 16.3. The number of phenolic OH excluding ortho intramolecular Hbond substituents is 1. The lowest BCUT2D eigenvalue weighted by atomic mass is 9.87. The second-order valence-electron chi connectivity index (χ2n) is 4.39. The van der Waals surface area contributed by atoms with Gasteiger partial charge in [-0.05, 0) is 42.2 Å². The van der Waals surface area contributed by atoms with E-state index in [1.807, 2.05) is 32.1 Å². The van der Waals surface area contributed by atoms with Gasteiger partial charge in [-0.15, -0.1) is 0 Å². The van der Waals surface area contributed by atoms with E-state index in [1.54, 1.807) is 12.1 Å². The number of allylic oxidation sites excluding steroid dienone is 4. The topological polar surface area (TPSA) is 40.5 Å². The molecule has 0 heterocycles. The van der Waals surface area contributed by atoms with E-state index in [-0.39, 0.29) is 11.7 Å². The molecule has 0 bridgehead atoms. The van der Waals surface area contributed by atoms with E-state index in [2.05, 4.69) is 0 Å². The fraction of sp³-hybridized carbons (Fsp3) is 0.286. The number of phenols is 1. The van der Waals surface area contributed by atoms with E-state index < -0.39 is 0 Å². The molecule has 0 amide bonds. The van der Waals surface area contributed by atoms with Gasteiger partial charge in [-0.2, -0.15) is 0 Å². The van der Waals surface area contributed by atoms with E-state index in [9.17, 15) is 10.2 Å². The molecule has 1 atom stereocenters. The van der Waals surface area contributed by atoms with E-state index in [0.29, 0.717) is 5.76 Å². The molecule has 1 aromatic rings. The van der Waals surface area contributed by atoms with Gasteiger partial charge in [0.05, 0.1) is 5.76 Å². The lowest BCUT2D eigenvalue weighted by Crippen LogP contribution is -2.07. The van der Waals surface area contributed by atoms with Crippen molar-refractivity contribution in [1.82, 2.24) is 0 Å². The van der Waals surface area contributed by atoms with E-state index >= 15 is 0 Å². The molecule has 2 heteroatoms. The van der Waals surface area contributed by atoms with E-state index in [4.69, 9.17) is 0 Å². The van der Waals surface area contributed by atoms with Crippen LogP contribution in [-0.4, -0.2) is 10.2 Å². The molecule has 1 aromatic carbocycles. The highest BCUT2D eigenvalue weighted by molar-refractivity contribution is 5.70. The monoisotopic (exact) mass is 216 g/mol. The van der Waals surface area contributed by atoms with Crippen molar-refractivity contribution >= 4 is 5.57 Å². The minimum Gasteiger partial charge on any atom is -0.512 e. The van der Waals surface area contributed by atoms with Crippen LogP contribution in [0.4, 0.5) is 0 Å². The third-order valence-corrected chi connectivity index (χ3v) is 3.03. The summed E-state index contributed by atoms with van der Waals surface area (Å²) in [5.41, 5.74) is 3.25. The first-order chi connectivity index (χ1) is 7.58. The first-order valence-corrected chi connectivity index (χ1v) is 5.47. The SMILES string of the molecule is CC1=C(O)C(C)CC(c2ccc(O)cc2)=C1. The Morgan fingerprint density at radius 3 is 2.31 bits per heavy atom. The molecule has 0 aromatic heterocycles. The summed E-state index contributed by atoms with van der Waals surface area (Å²) in [6.07, 6.45) is 2.86. The fourth-order valence-corrected chi connectivity index (χ4v) is 2.09. The van der Waals surface area contributed by atoms with Crippen molar-refractivity contribution in [3.63, 3.8) is 0 Å². The predicted molar refractivity (Wildman–Crippen MR) is 65.2 cm³/mol. The Morgan fingerprint density at radius 1 is 1.12 bits per heavy atom. The van der Waals surface area contributed by atoms with Crippen LogP contribution in [0.1, 0.15) is 25.8 Å². The first kappa shape index (κ1) is 10.8. The Kier molecular flexibility index (Phi) is 2.73. The minimum absolute atomic E-state index is 0.175. The Labute approximate surface area is 95.6 Å². The van der Waals surface area contributed by atoms with E-state index in [1.165, 1.54) is 5.57 Å². The molecular weight excluding hydrogens is 200 g/mol. The van der Waals surface area contributed by atoms with Gasteiger partial charge in [-0.25, -0.2) is 0 Å². The number of benzene rings is 1. The average Bonchev–Trinajstić information content (AvgIpc) is 2.26. The number of aliphatic hydroxyl groups is 1. The lowest BCUT2D eigenvalue weighted by Gasteiger charge is -2.21. The molecule has 2 nitrogen and oxygen atoms in total. The molecule has 0 radical (unpaired) electrons. The summed E-state index contributed by atoms with van der Waals surface area (Å²) in [5, 5.41) is 19.0. The molecule has 0 spiro atoms. The molecule has 84 valence electrons. The number of hydrogen-bond donors (Lipinski definition) is 2. The van der Waals surface area contributed by atoms with Crippen molar-refractivity contribution in [2.75, 3.05) is 0 Å². The largest absolute Gasteiger partial charge is 0.512 e. The summed E-state index contributed by atoms with van der Waals surface area (Å²) in [5.74, 6) is 0.944. The number of aliphatic hydroxyl groups excluding tert-OH is 1. The summed E-state index contributed by atoms with van der Waals surface area (Å²) in [6, 6.07) is 7.19. The van der Waals surface area contributed by atoms with Crippen LogP contribution in [0.5, 0.6) is 5.75 Å². The third-order valence-electron chi connectivity index (χ3n) is 3.03. The zero-order valence-corrected chi connectivity index (χ0v) is 9.57. The highest BCUT2D eigenvalue weighted by Crippen LogP contribution is 2.33. The lowest BCUT2D eigenvalue weighted by molar-refractivity contribution is 0.335. The van der Waals surface area contributed by atoms with Gasteiger partial charge in [-0.3, -0.25) is 0 Å². The van der Waals surface area contributed by atoms with Crippen LogP contribution >= 0.6 is 0 Å². The molecule has 0 saturated carbocycles. The minimum atomic E-state index is 0.175. The van der Waals surface area contributed by atoms with Crippen molar-refractivity contribution < 1.29 is 10.2 Å². The first-order valence-electron chi connectivity index (χ1n) is 5.47. The molecule has 0 fully saturated rings. The molecule has 1 aliphatic rings. The molecule has 2 rings (SSSR count). The predicted octanol–water partition coefficient (Wildman–Crippen LogP) is 3.65. The van der Waals surface area contributed by atoms with Gasteiger partial charge in [0.2, 0.25) is 0 Å². The maximum absolute atomic E-state index is 9.75. The zero-order chi connectivity index (χ0) is 11.7. The Hall–Kier alpha value is -1.70. The van der Waals surface area contributed by atoms with Crippen molar-refractivity contribution in [3.8, 4) is 5.75 Å². The van der Waals surface area contributed by atoms with Crippen molar-refractivity contribution in [2.45, 2.75) is 20.3 Å². The number of aromatic hydroxyl groups is 1. The summed E-state index contributed by atoms with van der Waals surface area (Å²) in [6.45, 7) is 3.94. The van der Waals surface area contributed by atoms with E-state index in [0.717, 1.165) is 17.6 Å². The summed E-state index contributed by atoms with van der Waals surface area (Å²) in [4.78, 5) is 0. The van der Waals surface area contributed by atoms with Crippen LogP contribution in [0.3, 0.4) is 0 Å².